The quantitative estimate of drug-likeness (QED) is 0.893. The van der Waals surface area contributed by atoms with Crippen LogP contribution in [0.4, 0.5) is 0 Å². The molecule has 0 saturated carbocycles. The van der Waals surface area contributed by atoms with E-state index in [0.29, 0.717) is 6.61 Å². The van der Waals surface area contributed by atoms with Gasteiger partial charge in [0.1, 0.15) is 5.75 Å². The van der Waals surface area contributed by atoms with Crippen molar-refractivity contribution in [2.75, 3.05) is 6.61 Å². The number of nitrogens with two attached hydrogens (primary N) is 1. The van der Waals surface area contributed by atoms with Crippen LogP contribution in [-0.2, 0) is 6.42 Å². The lowest BCUT2D eigenvalue weighted by Gasteiger charge is -2.12. The molecule has 0 radical (unpaired) electrons. The topological polar surface area (TPSA) is 35.2 Å². The smallest absolute Gasteiger partial charge is 0.119 e. The van der Waals surface area contributed by atoms with Crippen LogP contribution in [0.2, 0.25) is 0 Å². The largest absolute Gasteiger partial charge is 0.494 e. The molecule has 1 aromatic rings. The highest BCUT2D eigenvalue weighted by atomic mass is 79.9. The summed E-state index contributed by atoms with van der Waals surface area (Å²) in [5.41, 5.74) is 7.15. The lowest BCUT2D eigenvalue weighted by Crippen LogP contribution is -2.21. The fourth-order valence-electron chi connectivity index (χ4n) is 1.39. The predicted octanol–water partition coefficient (Wildman–Crippen LogP) is 3.13. The fourth-order valence-corrected chi connectivity index (χ4v) is 1.80. The lowest BCUT2D eigenvalue weighted by molar-refractivity contribution is 0.339. The molecular formula is C12H18BrNO. The van der Waals surface area contributed by atoms with E-state index >= 15 is 0 Å². The molecule has 2 nitrogen and oxygen atoms in total. The van der Waals surface area contributed by atoms with E-state index in [2.05, 4.69) is 28.9 Å². The molecule has 0 bridgehead atoms. The zero-order valence-electron chi connectivity index (χ0n) is 9.29. The van der Waals surface area contributed by atoms with Crippen LogP contribution in [0.1, 0.15) is 25.8 Å². The second-order valence-corrected chi connectivity index (χ2v) is 4.41. The van der Waals surface area contributed by atoms with Crippen molar-refractivity contribution in [1.82, 2.24) is 0 Å². The first-order chi connectivity index (χ1) is 7.17. The van der Waals surface area contributed by atoms with Crippen LogP contribution in [0.3, 0.4) is 0 Å². The van der Waals surface area contributed by atoms with Gasteiger partial charge in [0.05, 0.1) is 6.61 Å². The number of ether oxygens (including phenoxy) is 1. The number of halogens is 1. The predicted molar refractivity (Wildman–Crippen MR) is 67.3 cm³/mol. The van der Waals surface area contributed by atoms with Crippen molar-refractivity contribution in [3.05, 3.63) is 28.2 Å². The standard InChI is InChI=1S/C12H18BrNO/c1-3-10(14)7-9-8-11(15-4-2)5-6-12(9)13/h5-6,8,10H,3-4,7,14H2,1-2H3. The van der Waals surface area contributed by atoms with E-state index in [4.69, 9.17) is 10.5 Å². The number of hydrogen-bond donors (Lipinski definition) is 1. The molecule has 1 atom stereocenters. The Morgan fingerprint density at radius 1 is 1.40 bits per heavy atom. The van der Waals surface area contributed by atoms with E-state index in [9.17, 15) is 0 Å². The summed E-state index contributed by atoms with van der Waals surface area (Å²) >= 11 is 3.53. The first-order valence-corrected chi connectivity index (χ1v) is 6.13. The van der Waals surface area contributed by atoms with Gasteiger partial charge in [-0.25, -0.2) is 0 Å². The minimum atomic E-state index is 0.221. The SMILES string of the molecule is CCOc1ccc(Br)c(CC(N)CC)c1. The van der Waals surface area contributed by atoms with Gasteiger partial charge in [0.15, 0.2) is 0 Å². The fraction of sp³-hybridized carbons (Fsp3) is 0.500. The molecule has 0 amide bonds. The molecule has 1 rings (SSSR count). The average Bonchev–Trinajstić information content (AvgIpc) is 2.23. The van der Waals surface area contributed by atoms with Crippen molar-refractivity contribution in [3.63, 3.8) is 0 Å². The van der Waals surface area contributed by atoms with Gasteiger partial charge >= 0.3 is 0 Å². The Labute approximate surface area is 99.9 Å². The number of hydrogen-bond acceptors (Lipinski definition) is 2. The molecule has 0 aliphatic carbocycles. The van der Waals surface area contributed by atoms with E-state index in [-0.39, 0.29) is 6.04 Å². The monoisotopic (exact) mass is 271 g/mol. The van der Waals surface area contributed by atoms with Crippen LogP contribution in [0.5, 0.6) is 5.75 Å². The highest BCUT2D eigenvalue weighted by molar-refractivity contribution is 9.10. The maximum atomic E-state index is 5.94. The van der Waals surface area contributed by atoms with Crippen LogP contribution in [0, 0.1) is 0 Å². The maximum Gasteiger partial charge on any atom is 0.119 e. The van der Waals surface area contributed by atoms with Gasteiger partial charge < -0.3 is 10.5 Å². The van der Waals surface area contributed by atoms with Crippen LogP contribution >= 0.6 is 15.9 Å². The van der Waals surface area contributed by atoms with Crippen molar-refractivity contribution >= 4 is 15.9 Å². The molecule has 1 unspecified atom stereocenters. The van der Waals surface area contributed by atoms with Crippen LogP contribution < -0.4 is 10.5 Å². The Kier molecular flexibility index (Phi) is 5.12. The van der Waals surface area contributed by atoms with Gasteiger partial charge in [-0.3, -0.25) is 0 Å². The first kappa shape index (κ1) is 12.5. The molecule has 0 aliphatic heterocycles. The third kappa shape index (κ3) is 3.84. The highest BCUT2D eigenvalue weighted by Gasteiger charge is 2.06. The van der Waals surface area contributed by atoms with Gasteiger partial charge in [-0.2, -0.15) is 0 Å². The summed E-state index contributed by atoms with van der Waals surface area (Å²) in [5, 5.41) is 0. The van der Waals surface area contributed by atoms with Crippen molar-refractivity contribution < 1.29 is 4.74 Å². The van der Waals surface area contributed by atoms with Crippen molar-refractivity contribution in [1.29, 1.82) is 0 Å². The summed E-state index contributed by atoms with van der Waals surface area (Å²) in [6, 6.07) is 6.26. The zero-order valence-corrected chi connectivity index (χ0v) is 10.9. The third-order valence-corrected chi connectivity index (χ3v) is 3.11. The van der Waals surface area contributed by atoms with Gasteiger partial charge in [-0.1, -0.05) is 22.9 Å². The van der Waals surface area contributed by atoms with E-state index in [1.807, 2.05) is 19.1 Å². The summed E-state index contributed by atoms with van der Waals surface area (Å²) in [5.74, 6) is 0.916. The van der Waals surface area contributed by atoms with Crippen molar-refractivity contribution in [2.24, 2.45) is 5.73 Å². The van der Waals surface area contributed by atoms with E-state index in [1.54, 1.807) is 0 Å². The Morgan fingerprint density at radius 2 is 2.13 bits per heavy atom. The van der Waals surface area contributed by atoms with Crippen molar-refractivity contribution in [3.8, 4) is 5.75 Å². The summed E-state index contributed by atoms with van der Waals surface area (Å²) in [6.45, 7) is 4.78. The average molecular weight is 272 g/mol. The van der Waals surface area contributed by atoms with Gasteiger partial charge in [0.25, 0.3) is 0 Å². The van der Waals surface area contributed by atoms with Gasteiger partial charge in [-0.05, 0) is 43.5 Å². The second-order valence-electron chi connectivity index (χ2n) is 3.56. The molecule has 2 N–H and O–H groups in total. The molecule has 0 aliphatic rings. The molecular weight excluding hydrogens is 254 g/mol. The zero-order chi connectivity index (χ0) is 11.3. The minimum absolute atomic E-state index is 0.221. The molecule has 1 aromatic carbocycles. The molecule has 15 heavy (non-hydrogen) atoms. The Morgan fingerprint density at radius 3 is 2.73 bits per heavy atom. The van der Waals surface area contributed by atoms with Gasteiger partial charge in [0.2, 0.25) is 0 Å². The normalized spacial score (nSPS) is 12.5. The van der Waals surface area contributed by atoms with Crippen molar-refractivity contribution in [2.45, 2.75) is 32.7 Å². The molecule has 84 valence electrons. The Bertz CT molecular complexity index is 314. The molecule has 0 heterocycles. The Balaban J connectivity index is 2.80. The van der Waals surface area contributed by atoms with Gasteiger partial charge in [0, 0.05) is 10.5 Å². The van der Waals surface area contributed by atoms with E-state index in [0.717, 1.165) is 23.1 Å². The third-order valence-electron chi connectivity index (χ3n) is 2.33. The second kappa shape index (κ2) is 6.13. The van der Waals surface area contributed by atoms with E-state index < -0.39 is 0 Å². The molecule has 0 saturated heterocycles. The number of rotatable bonds is 5. The molecule has 0 spiro atoms. The van der Waals surface area contributed by atoms with Gasteiger partial charge in [-0.15, -0.1) is 0 Å². The van der Waals surface area contributed by atoms with Crippen LogP contribution in [-0.4, -0.2) is 12.6 Å². The van der Waals surface area contributed by atoms with Crippen LogP contribution in [0.15, 0.2) is 22.7 Å². The van der Waals surface area contributed by atoms with E-state index in [1.165, 1.54) is 5.56 Å². The summed E-state index contributed by atoms with van der Waals surface area (Å²) in [7, 11) is 0. The minimum Gasteiger partial charge on any atom is -0.494 e. The molecule has 0 fully saturated rings. The maximum absolute atomic E-state index is 5.94. The summed E-state index contributed by atoms with van der Waals surface area (Å²) in [6.07, 6.45) is 1.88. The molecule has 0 aromatic heterocycles. The Hall–Kier alpha value is -0.540. The highest BCUT2D eigenvalue weighted by Crippen LogP contribution is 2.24. The summed E-state index contributed by atoms with van der Waals surface area (Å²) < 4.78 is 6.56. The lowest BCUT2D eigenvalue weighted by atomic mass is 10.0. The molecule has 3 heteroatoms. The van der Waals surface area contributed by atoms with Crippen LogP contribution in [0.25, 0.3) is 0 Å². The first-order valence-electron chi connectivity index (χ1n) is 5.34. The summed E-state index contributed by atoms with van der Waals surface area (Å²) in [4.78, 5) is 0. The number of benzene rings is 1.